The number of nitrogens with zero attached hydrogens (tertiary/aromatic N) is 1. The summed E-state index contributed by atoms with van der Waals surface area (Å²) in [5.74, 6) is 1.14. The second kappa shape index (κ2) is 5.90. The first-order valence-electron chi connectivity index (χ1n) is 7.62. The lowest BCUT2D eigenvalue weighted by atomic mass is 9.97. The lowest BCUT2D eigenvalue weighted by Crippen LogP contribution is -2.42. The summed E-state index contributed by atoms with van der Waals surface area (Å²) in [5.41, 5.74) is 0.875. The van der Waals surface area contributed by atoms with Crippen molar-refractivity contribution in [2.75, 3.05) is 20.1 Å². The van der Waals surface area contributed by atoms with Gasteiger partial charge in [0.05, 0.1) is 12.0 Å². The van der Waals surface area contributed by atoms with Gasteiger partial charge in [0.1, 0.15) is 11.3 Å². The number of carbonyl (C=O) groups is 1. The highest BCUT2D eigenvalue weighted by atomic mass is 16.3. The Morgan fingerprint density at radius 2 is 2.24 bits per heavy atom. The zero-order chi connectivity index (χ0) is 14.8. The molecule has 1 aromatic heterocycles. The van der Waals surface area contributed by atoms with Crippen LogP contribution in [-0.2, 0) is 4.79 Å². The Labute approximate surface area is 125 Å². The zero-order valence-electron chi connectivity index (χ0n) is 12.6. The highest BCUT2D eigenvalue weighted by Crippen LogP contribution is 2.28. The summed E-state index contributed by atoms with van der Waals surface area (Å²) < 4.78 is 5.88. The molecule has 4 heteroatoms. The minimum Gasteiger partial charge on any atom is -0.459 e. The predicted molar refractivity (Wildman–Crippen MR) is 83.0 cm³/mol. The van der Waals surface area contributed by atoms with Crippen molar-refractivity contribution in [3.05, 3.63) is 36.1 Å². The van der Waals surface area contributed by atoms with E-state index < -0.39 is 0 Å². The second-order valence-corrected chi connectivity index (χ2v) is 5.85. The number of amides is 1. The molecule has 0 aliphatic carbocycles. The summed E-state index contributed by atoms with van der Waals surface area (Å²) in [5, 5.41) is 4.38. The van der Waals surface area contributed by atoms with Gasteiger partial charge in [0.25, 0.3) is 0 Å². The molecule has 2 atom stereocenters. The average Bonchev–Trinajstić information content (AvgIpc) is 2.97. The van der Waals surface area contributed by atoms with E-state index in [1.807, 2.05) is 49.2 Å². The lowest BCUT2D eigenvalue weighted by molar-refractivity contribution is -0.137. The van der Waals surface area contributed by atoms with Crippen LogP contribution in [0.5, 0.6) is 0 Å². The molecule has 0 bridgehead atoms. The monoisotopic (exact) mass is 286 g/mol. The summed E-state index contributed by atoms with van der Waals surface area (Å²) in [6.07, 6.45) is 2.05. The molecule has 0 spiro atoms. The number of furan rings is 1. The van der Waals surface area contributed by atoms with E-state index in [9.17, 15) is 4.79 Å². The first-order chi connectivity index (χ1) is 10.2. The summed E-state index contributed by atoms with van der Waals surface area (Å²) in [4.78, 5) is 14.4. The molecule has 2 aromatic rings. The van der Waals surface area contributed by atoms with Crippen molar-refractivity contribution in [3.63, 3.8) is 0 Å². The Balaban J connectivity index is 1.76. The maximum absolute atomic E-state index is 12.6. The Morgan fingerprint density at radius 1 is 1.43 bits per heavy atom. The minimum atomic E-state index is -0.0492. The van der Waals surface area contributed by atoms with E-state index in [0.29, 0.717) is 0 Å². The predicted octanol–water partition coefficient (Wildman–Crippen LogP) is 2.95. The third-order valence-corrected chi connectivity index (χ3v) is 4.43. The quantitative estimate of drug-likeness (QED) is 0.943. The van der Waals surface area contributed by atoms with Gasteiger partial charge in [-0.15, -0.1) is 0 Å². The molecule has 0 radical (unpaired) electrons. The van der Waals surface area contributed by atoms with Gasteiger partial charge in [-0.2, -0.15) is 0 Å². The average molecular weight is 286 g/mol. The van der Waals surface area contributed by atoms with Crippen LogP contribution in [0.4, 0.5) is 0 Å². The number of carbonyl (C=O) groups excluding carboxylic acids is 1. The normalized spacial score (nSPS) is 20.4. The molecule has 1 amide bonds. The van der Waals surface area contributed by atoms with Gasteiger partial charge < -0.3 is 14.6 Å². The van der Waals surface area contributed by atoms with Gasteiger partial charge in [0.15, 0.2) is 0 Å². The van der Waals surface area contributed by atoms with Gasteiger partial charge in [0.2, 0.25) is 5.91 Å². The Bertz CT molecular complexity index is 596. The highest BCUT2D eigenvalue weighted by molar-refractivity contribution is 5.80. The number of para-hydroxylation sites is 1. The maximum atomic E-state index is 12.6. The fraction of sp³-hybridized carbons (Fsp3) is 0.471. The molecule has 1 aromatic carbocycles. The molecule has 1 fully saturated rings. The van der Waals surface area contributed by atoms with Crippen LogP contribution in [0.3, 0.4) is 0 Å². The third kappa shape index (κ3) is 2.81. The van der Waals surface area contributed by atoms with Crippen molar-refractivity contribution in [1.29, 1.82) is 0 Å². The number of rotatable bonds is 3. The minimum absolute atomic E-state index is 0.0492. The standard InChI is InChI=1S/C17H22N2O2/c1-12(16-10-13-6-3-4-8-15(13)21-16)19(2)17(20)14-7-5-9-18-11-14/h3-4,6,8,10,12,14,18H,5,7,9,11H2,1-2H3. The Kier molecular flexibility index (Phi) is 3.97. The molecular formula is C17H22N2O2. The first-order valence-corrected chi connectivity index (χ1v) is 7.62. The Hall–Kier alpha value is -1.81. The van der Waals surface area contributed by atoms with Gasteiger partial charge >= 0.3 is 0 Å². The molecule has 1 aliphatic rings. The van der Waals surface area contributed by atoms with Crippen LogP contribution in [0.2, 0.25) is 0 Å². The van der Waals surface area contributed by atoms with Crippen LogP contribution < -0.4 is 5.32 Å². The van der Waals surface area contributed by atoms with Crippen molar-refractivity contribution in [2.24, 2.45) is 5.92 Å². The topological polar surface area (TPSA) is 45.5 Å². The van der Waals surface area contributed by atoms with Gasteiger partial charge in [-0.3, -0.25) is 4.79 Å². The van der Waals surface area contributed by atoms with Crippen molar-refractivity contribution >= 4 is 16.9 Å². The number of nitrogens with one attached hydrogen (secondary N) is 1. The smallest absolute Gasteiger partial charge is 0.227 e. The van der Waals surface area contributed by atoms with Crippen molar-refractivity contribution < 1.29 is 9.21 Å². The van der Waals surface area contributed by atoms with Gasteiger partial charge in [-0.25, -0.2) is 0 Å². The van der Waals surface area contributed by atoms with Gasteiger partial charge in [0, 0.05) is 19.0 Å². The van der Waals surface area contributed by atoms with E-state index in [-0.39, 0.29) is 17.9 Å². The summed E-state index contributed by atoms with van der Waals surface area (Å²) in [7, 11) is 1.87. The second-order valence-electron chi connectivity index (χ2n) is 5.85. The molecule has 0 saturated carbocycles. The van der Waals surface area contributed by atoms with Gasteiger partial charge in [-0.05, 0) is 38.4 Å². The lowest BCUT2D eigenvalue weighted by Gasteiger charge is -2.30. The van der Waals surface area contributed by atoms with Crippen molar-refractivity contribution in [2.45, 2.75) is 25.8 Å². The number of hydrogen-bond donors (Lipinski definition) is 1. The number of benzene rings is 1. The largest absolute Gasteiger partial charge is 0.459 e. The van der Waals surface area contributed by atoms with Crippen molar-refractivity contribution in [1.82, 2.24) is 10.2 Å². The van der Waals surface area contributed by atoms with E-state index in [4.69, 9.17) is 4.42 Å². The van der Waals surface area contributed by atoms with E-state index in [1.165, 1.54) is 0 Å². The van der Waals surface area contributed by atoms with Crippen LogP contribution in [0.1, 0.15) is 31.6 Å². The van der Waals surface area contributed by atoms with Crippen molar-refractivity contribution in [3.8, 4) is 0 Å². The number of piperidine rings is 1. The molecule has 1 N–H and O–H groups in total. The summed E-state index contributed by atoms with van der Waals surface area (Å²) >= 11 is 0. The van der Waals surface area contributed by atoms with Crippen LogP contribution >= 0.6 is 0 Å². The van der Waals surface area contributed by atoms with Gasteiger partial charge in [-0.1, -0.05) is 18.2 Å². The fourth-order valence-electron chi connectivity index (χ4n) is 2.94. The molecule has 2 heterocycles. The molecule has 3 rings (SSSR count). The van der Waals surface area contributed by atoms with E-state index in [1.54, 1.807) is 0 Å². The third-order valence-electron chi connectivity index (χ3n) is 4.43. The number of hydrogen-bond acceptors (Lipinski definition) is 3. The fourth-order valence-corrected chi connectivity index (χ4v) is 2.94. The van der Waals surface area contributed by atoms with Crippen LogP contribution in [0.15, 0.2) is 34.7 Å². The van der Waals surface area contributed by atoms with E-state index in [2.05, 4.69) is 5.32 Å². The van der Waals surface area contributed by atoms with Crippen LogP contribution in [-0.4, -0.2) is 30.9 Å². The molecule has 112 valence electrons. The zero-order valence-corrected chi connectivity index (χ0v) is 12.6. The summed E-state index contributed by atoms with van der Waals surface area (Å²) in [6.45, 7) is 3.83. The summed E-state index contributed by atoms with van der Waals surface area (Å²) in [6, 6.07) is 9.92. The molecule has 1 saturated heterocycles. The van der Waals surface area contributed by atoms with E-state index in [0.717, 1.165) is 42.7 Å². The first kappa shape index (κ1) is 14.1. The Morgan fingerprint density at radius 3 is 2.95 bits per heavy atom. The molecule has 1 aliphatic heterocycles. The van der Waals surface area contributed by atoms with Crippen LogP contribution in [0.25, 0.3) is 11.0 Å². The maximum Gasteiger partial charge on any atom is 0.227 e. The molecule has 2 unspecified atom stereocenters. The molecule has 21 heavy (non-hydrogen) atoms. The molecule has 4 nitrogen and oxygen atoms in total. The SMILES string of the molecule is CC(c1cc2ccccc2o1)N(C)C(=O)C1CCCNC1. The highest BCUT2D eigenvalue weighted by Gasteiger charge is 2.28. The molecular weight excluding hydrogens is 264 g/mol. The van der Waals surface area contributed by atoms with Crippen LogP contribution in [0, 0.1) is 5.92 Å². The number of fused-ring (bicyclic) bond motifs is 1. The van der Waals surface area contributed by atoms with E-state index >= 15 is 0 Å².